The molecular weight excluding hydrogens is 288 g/mol. The molecule has 1 spiro atoms. The standard InChI is InChI=1S/C17H27ClOS/c1-16(2)10-14(9-15(18)12-16)13-3-6-19-17(11-13)4-7-20-8-5-17/h9,13,15H,3-8,10-12H2,1-2H3. The van der Waals surface area contributed by atoms with Crippen molar-refractivity contribution in [2.45, 2.75) is 63.4 Å². The van der Waals surface area contributed by atoms with E-state index in [0.29, 0.717) is 11.3 Å². The van der Waals surface area contributed by atoms with E-state index in [1.807, 2.05) is 0 Å². The van der Waals surface area contributed by atoms with Gasteiger partial charge in [-0.05, 0) is 61.4 Å². The summed E-state index contributed by atoms with van der Waals surface area (Å²) < 4.78 is 6.23. The van der Waals surface area contributed by atoms with Gasteiger partial charge >= 0.3 is 0 Å². The van der Waals surface area contributed by atoms with E-state index < -0.39 is 0 Å². The first kappa shape index (κ1) is 15.2. The van der Waals surface area contributed by atoms with Gasteiger partial charge in [-0.2, -0.15) is 11.8 Å². The van der Waals surface area contributed by atoms with E-state index in [1.54, 1.807) is 5.57 Å². The fourth-order valence-corrected chi connectivity index (χ4v) is 6.04. The van der Waals surface area contributed by atoms with Crippen molar-refractivity contribution in [3.8, 4) is 0 Å². The number of alkyl halides is 1. The minimum Gasteiger partial charge on any atom is -0.375 e. The lowest BCUT2D eigenvalue weighted by atomic mass is 9.70. The van der Waals surface area contributed by atoms with Crippen LogP contribution in [-0.2, 0) is 4.74 Å². The SMILES string of the molecule is CC1(C)CC(C2CCOC3(CCSCC3)C2)=CC(Cl)C1. The predicted octanol–water partition coefficient (Wildman–Crippen LogP) is 5.03. The maximum atomic E-state index is 6.48. The molecule has 2 heterocycles. The number of hydrogen-bond donors (Lipinski definition) is 0. The Hall–Kier alpha value is 0.340. The summed E-state index contributed by atoms with van der Waals surface area (Å²) in [6, 6.07) is 0. The number of hydrogen-bond acceptors (Lipinski definition) is 2. The Kier molecular flexibility index (Phi) is 4.46. The monoisotopic (exact) mass is 314 g/mol. The molecule has 0 amide bonds. The summed E-state index contributed by atoms with van der Waals surface area (Å²) in [6.45, 7) is 5.67. The van der Waals surface area contributed by atoms with Gasteiger partial charge in [-0.15, -0.1) is 11.6 Å². The molecule has 114 valence electrons. The number of rotatable bonds is 1. The molecule has 1 nitrogen and oxygen atoms in total. The van der Waals surface area contributed by atoms with Gasteiger partial charge in [0, 0.05) is 6.61 Å². The summed E-state index contributed by atoms with van der Waals surface area (Å²) >= 11 is 8.57. The van der Waals surface area contributed by atoms with E-state index in [1.165, 1.54) is 43.6 Å². The van der Waals surface area contributed by atoms with Gasteiger partial charge in [0.15, 0.2) is 0 Å². The summed E-state index contributed by atoms with van der Waals surface area (Å²) in [7, 11) is 0. The third kappa shape index (κ3) is 3.39. The smallest absolute Gasteiger partial charge is 0.0704 e. The lowest BCUT2D eigenvalue weighted by molar-refractivity contribution is -0.0974. The molecule has 0 aromatic heterocycles. The van der Waals surface area contributed by atoms with Crippen LogP contribution in [0.15, 0.2) is 11.6 Å². The molecule has 0 aromatic rings. The van der Waals surface area contributed by atoms with Crippen molar-refractivity contribution in [2.75, 3.05) is 18.1 Å². The van der Waals surface area contributed by atoms with Gasteiger partial charge in [-0.1, -0.05) is 25.5 Å². The van der Waals surface area contributed by atoms with Crippen molar-refractivity contribution in [1.82, 2.24) is 0 Å². The maximum Gasteiger partial charge on any atom is 0.0704 e. The normalized spacial score (nSPS) is 36.6. The molecule has 2 fully saturated rings. The second kappa shape index (κ2) is 5.85. The molecule has 3 rings (SSSR count). The first-order valence-corrected chi connectivity index (χ1v) is 9.64. The van der Waals surface area contributed by atoms with Gasteiger partial charge in [0.1, 0.15) is 0 Å². The molecule has 2 atom stereocenters. The fraction of sp³-hybridized carbons (Fsp3) is 0.882. The van der Waals surface area contributed by atoms with Crippen LogP contribution in [0.3, 0.4) is 0 Å². The van der Waals surface area contributed by atoms with Crippen molar-refractivity contribution in [3.05, 3.63) is 11.6 Å². The summed E-state index contributed by atoms with van der Waals surface area (Å²) in [4.78, 5) is 0. The highest BCUT2D eigenvalue weighted by Gasteiger charge is 2.41. The molecule has 2 aliphatic heterocycles. The second-order valence-corrected chi connectivity index (χ2v) is 9.42. The third-order valence-electron chi connectivity index (χ3n) is 5.25. The third-order valence-corrected chi connectivity index (χ3v) is 6.51. The largest absolute Gasteiger partial charge is 0.375 e. The number of thioether (sulfide) groups is 1. The van der Waals surface area contributed by atoms with E-state index in [9.17, 15) is 0 Å². The predicted molar refractivity (Wildman–Crippen MR) is 88.7 cm³/mol. The van der Waals surface area contributed by atoms with Gasteiger partial charge in [-0.3, -0.25) is 0 Å². The zero-order valence-corrected chi connectivity index (χ0v) is 14.4. The average Bonchev–Trinajstić information content (AvgIpc) is 2.37. The molecule has 2 saturated heterocycles. The van der Waals surface area contributed by atoms with Gasteiger partial charge in [0.2, 0.25) is 0 Å². The van der Waals surface area contributed by atoms with Crippen molar-refractivity contribution < 1.29 is 4.74 Å². The van der Waals surface area contributed by atoms with Crippen LogP contribution >= 0.6 is 23.4 Å². The first-order valence-electron chi connectivity index (χ1n) is 8.05. The molecule has 1 aliphatic carbocycles. The Balaban J connectivity index is 1.73. The fourth-order valence-electron chi connectivity index (χ4n) is 4.22. The van der Waals surface area contributed by atoms with Crippen LogP contribution in [0.5, 0.6) is 0 Å². The number of ether oxygens (including phenoxy) is 1. The Morgan fingerprint density at radius 2 is 2.00 bits per heavy atom. The lowest BCUT2D eigenvalue weighted by Crippen LogP contribution is -2.43. The Morgan fingerprint density at radius 1 is 1.25 bits per heavy atom. The first-order chi connectivity index (χ1) is 9.48. The molecule has 0 radical (unpaired) electrons. The second-order valence-electron chi connectivity index (χ2n) is 7.64. The van der Waals surface area contributed by atoms with Crippen molar-refractivity contribution in [3.63, 3.8) is 0 Å². The highest BCUT2D eigenvalue weighted by atomic mass is 35.5. The van der Waals surface area contributed by atoms with E-state index in [4.69, 9.17) is 16.3 Å². The molecular formula is C17H27ClOS. The van der Waals surface area contributed by atoms with E-state index in [0.717, 1.165) is 13.0 Å². The van der Waals surface area contributed by atoms with Crippen LogP contribution in [0.25, 0.3) is 0 Å². The van der Waals surface area contributed by atoms with Crippen LogP contribution in [-0.4, -0.2) is 29.1 Å². The topological polar surface area (TPSA) is 9.23 Å². The Bertz CT molecular complexity index is 379. The molecule has 3 heteroatoms. The van der Waals surface area contributed by atoms with Gasteiger partial charge in [0.25, 0.3) is 0 Å². The number of halogens is 1. The molecule has 3 aliphatic rings. The zero-order chi connectivity index (χ0) is 14.2. The highest BCUT2D eigenvalue weighted by Crippen LogP contribution is 2.47. The molecule has 20 heavy (non-hydrogen) atoms. The van der Waals surface area contributed by atoms with Crippen LogP contribution < -0.4 is 0 Å². The highest BCUT2D eigenvalue weighted by molar-refractivity contribution is 7.99. The molecule has 0 aromatic carbocycles. The number of allylic oxidation sites excluding steroid dienone is 2. The molecule has 2 unspecified atom stereocenters. The zero-order valence-electron chi connectivity index (χ0n) is 12.8. The van der Waals surface area contributed by atoms with Crippen molar-refractivity contribution in [2.24, 2.45) is 11.3 Å². The minimum atomic E-state index is 0.193. The summed E-state index contributed by atoms with van der Waals surface area (Å²) in [5, 5.41) is 0.231. The lowest BCUT2D eigenvalue weighted by Gasteiger charge is -2.45. The summed E-state index contributed by atoms with van der Waals surface area (Å²) in [5.74, 6) is 3.26. The Labute approximate surface area is 132 Å². The van der Waals surface area contributed by atoms with Crippen LogP contribution in [0.1, 0.15) is 52.4 Å². The van der Waals surface area contributed by atoms with Gasteiger partial charge in [-0.25, -0.2) is 0 Å². The molecule has 0 bridgehead atoms. The van der Waals surface area contributed by atoms with E-state index in [-0.39, 0.29) is 11.0 Å². The summed E-state index contributed by atoms with van der Waals surface area (Å²) in [5.41, 5.74) is 2.19. The van der Waals surface area contributed by atoms with Crippen LogP contribution in [0, 0.1) is 11.3 Å². The van der Waals surface area contributed by atoms with E-state index in [2.05, 4.69) is 31.7 Å². The Morgan fingerprint density at radius 3 is 2.70 bits per heavy atom. The van der Waals surface area contributed by atoms with Crippen LogP contribution in [0.2, 0.25) is 0 Å². The van der Waals surface area contributed by atoms with Crippen LogP contribution in [0.4, 0.5) is 0 Å². The van der Waals surface area contributed by atoms with Gasteiger partial charge in [0.05, 0.1) is 11.0 Å². The average molecular weight is 315 g/mol. The van der Waals surface area contributed by atoms with E-state index >= 15 is 0 Å². The van der Waals surface area contributed by atoms with Crippen molar-refractivity contribution in [1.29, 1.82) is 0 Å². The maximum absolute atomic E-state index is 6.48. The quantitative estimate of drug-likeness (QED) is 0.496. The minimum absolute atomic E-state index is 0.193. The van der Waals surface area contributed by atoms with Gasteiger partial charge < -0.3 is 4.74 Å². The molecule has 0 saturated carbocycles. The molecule has 0 N–H and O–H groups in total. The summed E-state index contributed by atoms with van der Waals surface area (Å²) in [6.07, 6.45) is 9.63. The van der Waals surface area contributed by atoms with Crippen molar-refractivity contribution >= 4 is 23.4 Å².